The Balaban J connectivity index is 1.51. The van der Waals surface area contributed by atoms with Crippen LogP contribution in [0.15, 0.2) is 18.5 Å². The Morgan fingerprint density at radius 3 is 2.45 bits per heavy atom. The van der Waals surface area contributed by atoms with Crippen molar-refractivity contribution in [1.82, 2.24) is 14.5 Å². The minimum absolute atomic E-state index is 0.174. The van der Waals surface area contributed by atoms with Crippen molar-refractivity contribution in [1.29, 1.82) is 0 Å². The fourth-order valence-corrected chi connectivity index (χ4v) is 5.77. The summed E-state index contributed by atoms with van der Waals surface area (Å²) in [5, 5.41) is 1.19. The monoisotopic (exact) mass is 472 g/mol. The molecule has 7 nitrogen and oxygen atoms in total. The number of piperazine rings is 1. The predicted octanol–water partition coefficient (Wildman–Crippen LogP) is 5.25. The summed E-state index contributed by atoms with van der Waals surface area (Å²) in [6, 6.07) is 3.66. The number of nitrogens with zero attached hydrogens (tertiary/aromatic N) is 4. The van der Waals surface area contributed by atoms with Crippen LogP contribution in [0, 0.1) is 6.92 Å². The number of aromatic nitrogens is 2. The third-order valence-electron chi connectivity index (χ3n) is 6.58. The molecule has 0 N–H and O–H groups in total. The quantitative estimate of drug-likeness (QED) is 0.425. The largest absolute Gasteiger partial charge is 0.444 e. The van der Waals surface area contributed by atoms with Gasteiger partial charge in [-0.15, -0.1) is 0 Å². The molecule has 182 valence electrons. The van der Waals surface area contributed by atoms with Crippen molar-refractivity contribution in [2.24, 2.45) is 0 Å². The summed E-state index contributed by atoms with van der Waals surface area (Å²) in [5.41, 5.74) is 2.92. The van der Waals surface area contributed by atoms with Crippen molar-refractivity contribution in [3.63, 3.8) is 0 Å². The zero-order chi connectivity index (χ0) is 24.0. The first-order valence-electron chi connectivity index (χ1n) is 12.2. The number of carbonyl (C=O) groups excluding carboxylic acids is 1. The Morgan fingerprint density at radius 1 is 1.18 bits per heavy atom. The van der Waals surface area contributed by atoms with Gasteiger partial charge in [-0.05, 0) is 58.2 Å². The zero-order valence-corrected chi connectivity index (χ0v) is 22.4. The van der Waals surface area contributed by atoms with Crippen LogP contribution in [0.3, 0.4) is 0 Å². The van der Waals surface area contributed by atoms with E-state index in [2.05, 4.69) is 48.3 Å². The number of pyridine rings is 1. The number of amides is 1. The maximum absolute atomic E-state index is 12.8. The second-order valence-electron chi connectivity index (χ2n) is 11.8. The lowest BCUT2D eigenvalue weighted by Gasteiger charge is -2.42. The first-order valence-corrected chi connectivity index (χ1v) is 15.9. The summed E-state index contributed by atoms with van der Waals surface area (Å²) in [5.74, 6) is 0. The molecule has 4 rings (SSSR count). The second kappa shape index (κ2) is 8.95. The van der Waals surface area contributed by atoms with Crippen LogP contribution in [0.2, 0.25) is 25.7 Å². The van der Waals surface area contributed by atoms with Gasteiger partial charge in [0.1, 0.15) is 18.0 Å². The van der Waals surface area contributed by atoms with E-state index < -0.39 is 13.7 Å². The normalized spacial score (nSPS) is 21.2. The molecule has 4 heterocycles. The van der Waals surface area contributed by atoms with Crippen molar-refractivity contribution in [3.05, 3.63) is 24.0 Å². The van der Waals surface area contributed by atoms with Crippen LogP contribution in [-0.2, 0) is 16.2 Å². The number of carbonyl (C=O) groups is 1. The predicted molar refractivity (Wildman–Crippen MR) is 136 cm³/mol. The van der Waals surface area contributed by atoms with E-state index >= 15 is 0 Å². The van der Waals surface area contributed by atoms with Gasteiger partial charge in [-0.3, -0.25) is 4.90 Å². The van der Waals surface area contributed by atoms with Crippen LogP contribution in [0.4, 0.5) is 10.5 Å². The molecule has 2 bridgehead atoms. The minimum Gasteiger partial charge on any atom is -0.444 e. The summed E-state index contributed by atoms with van der Waals surface area (Å²) < 4.78 is 13.8. The molecule has 1 amide bonds. The Kier molecular flexibility index (Phi) is 6.53. The Morgan fingerprint density at radius 2 is 1.85 bits per heavy atom. The molecule has 2 saturated heterocycles. The topological polar surface area (TPSA) is 59.8 Å². The van der Waals surface area contributed by atoms with Crippen LogP contribution < -0.4 is 4.90 Å². The van der Waals surface area contributed by atoms with Crippen LogP contribution >= 0.6 is 0 Å². The molecule has 2 aliphatic heterocycles. The van der Waals surface area contributed by atoms with Gasteiger partial charge in [0.05, 0.1) is 12.1 Å². The van der Waals surface area contributed by atoms with Crippen LogP contribution in [0.25, 0.3) is 11.0 Å². The summed E-state index contributed by atoms with van der Waals surface area (Å²) in [7, 11) is -1.10. The molecule has 0 saturated carbocycles. The molecule has 0 spiro atoms. The van der Waals surface area contributed by atoms with Gasteiger partial charge >= 0.3 is 6.09 Å². The van der Waals surface area contributed by atoms with Gasteiger partial charge in [0, 0.05) is 51.2 Å². The third kappa shape index (κ3) is 5.37. The molecule has 0 aromatic carbocycles. The fraction of sp³-hybridized carbons (Fsp3) is 0.680. The highest BCUT2D eigenvalue weighted by Crippen LogP contribution is 2.37. The summed E-state index contributed by atoms with van der Waals surface area (Å²) in [4.78, 5) is 22.0. The number of rotatable bonds is 6. The Labute approximate surface area is 199 Å². The van der Waals surface area contributed by atoms with E-state index in [1.54, 1.807) is 0 Å². The van der Waals surface area contributed by atoms with Crippen LogP contribution in [0.5, 0.6) is 0 Å². The van der Waals surface area contributed by atoms with Crippen molar-refractivity contribution >= 4 is 30.9 Å². The van der Waals surface area contributed by atoms with E-state index in [9.17, 15) is 4.79 Å². The molecule has 2 atom stereocenters. The third-order valence-corrected chi connectivity index (χ3v) is 8.28. The van der Waals surface area contributed by atoms with Gasteiger partial charge in [0.2, 0.25) is 0 Å². The molecule has 2 fully saturated rings. The highest BCUT2D eigenvalue weighted by molar-refractivity contribution is 6.76. The van der Waals surface area contributed by atoms with Gasteiger partial charge in [0.25, 0.3) is 0 Å². The number of fused-ring (bicyclic) bond motifs is 3. The number of anilines is 1. The molecular weight excluding hydrogens is 432 g/mol. The summed E-state index contributed by atoms with van der Waals surface area (Å²) in [6.07, 6.45) is 5.94. The molecule has 2 aromatic rings. The molecule has 2 aromatic heterocycles. The summed E-state index contributed by atoms with van der Waals surface area (Å²) in [6.45, 7) is 18.0. The molecule has 0 radical (unpaired) electrons. The van der Waals surface area contributed by atoms with E-state index in [0.29, 0.717) is 6.73 Å². The van der Waals surface area contributed by atoms with Crippen LogP contribution in [0.1, 0.15) is 39.2 Å². The van der Waals surface area contributed by atoms with Gasteiger partial charge < -0.3 is 18.9 Å². The highest BCUT2D eigenvalue weighted by atomic mass is 28.3. The van der Waals surface area contributed by atoms with Crippen molar-refractivity contribution in [3.8, 4) is 0 Å². The van der Waals surface area contributed by atoms with E-state index in [0.717, 1.165) is 44.2 Å². The second-order valence-corrected chi connectivity index (χ2v) is 17.5. The van der Waals surface area contributed by atoms with Gasteiger partial charge in [-0.2, -0.15) is 0 Å². The first-order chi connectivity index (χ1) is 15.4. The first kappa shape index (κ1) is 24.1. The molecule has 2 aliphatic rings. The number of hydrogen-bond acceptors (Lipinski definition) is 5. The SMILES string of the molecule is Cc1cn(COCC[Si](C)(C)C)c2nccc(N3C[C@H]4CC[C@@H](C3)N4C(=O)OC(C)(C)C)c12. The molecular formula is C25H40N4O3Si. The van der Waals surface area contributed by atoms with E-state index in [1.807, 2.05) is 31.9 Å². The molecule has 0 aliphatic carbocycles. The fourth-order valence-electron chi connectivity index (χ4n) is 5.01. The van der Waals surface area contributed by atoms with Crippen molar-refractivity contribution in [2.75, 3.05) is 24.6 Å². The highest BCUT2D eigenvalue weighted by Gasteiger charge is 2.44. The minimum atomic E-state index is -1.10. The van der Waals surface area contributed by atoms with Crippen LogP contribution in [-0.4, -0.2) is 66.0 Å². The lowest BCUT2D eigenvalue weighted by atomic mass is 10.1. The number of ether oxygens (including phenoxy) is 2. The van der Waals surface area contributed by atoms with Crippen molar-refractivity contribution < 1.29 is 14.3 Å². The zero-order valence-electron chi connectivity index (χ0n) is 21.4. The summed E-state index contributed by atoms with van der Waals surface area (Å²) >= 11 is 0. The van der Waals surface area contributed by atoms with E-state index in [1.165, 1.54) is 16.6 Å². The van der Waals surface area contributed by atoms with Crippen molar-refractivity contribution in [2.45, 2.75) is 90.6 Å². The van der Waals surface area contributed by atoms with Gasteiger partial charge in [-0.25, -0.2) is 9.78 Å². The average molecular weight is 473 g/mol. The standard InChI is InChI=1S/C25H40N4O3Si/c1-18-14-28(17-31-12-13-33(5,6)7)23-22(18)21(10-11-26-23)27-15-19-8-9-20(16-27)29(19)24(30)32-25(2,3)4/h10-11,14,19-20H,8-9,12-13,15-17H2,1-7H3/t19-,20+. The smallest absolute Gasteiger partial charge is 0.410 e. The van der Waals surface area contributed by atoms with E-state index in [4.69, 9.17) is 14.5 Å². The number of aryl methyl sites for hydroxylation is 1. The average Bonchev–Trinajstić information content (AvgIpc) is 3.16. The van der Waals surface area contributed by atoms with E-state index in [-0.39, 0.29) is 18.2 Å². The molecule has 8 heteroatoms. The van der Waals surface area contributed by atoms with Gasteiger partial charge in [-0.1, -0.05) is 19.6 Å². The Hall–Kier alpha value is -2.06. The number of hydrogen-bond donors (Lipinski definition) is 0. The maximum atomic E-state index is 12.8. The lowest BCUT2D eigenvalue weighted by Crippen LogP contribution is -2.56. The molecule has 0 unspecified atom stereocenters. The molecule has 33 heavy (non-hydrogen) atoms. The van der Waals surface area contributed by atoms with Gasteiger partial charge in [0.15, 0.2) is 0 Å². The lowest BCUT2D eigenvalue weighted by molar-refractivity contribution is 0.0123. The maximum Gasteiger partial charge on any atom is 0.410 e. The Bertz CT molecular complexity index is 993.